The van der Waals surface area contributed by atoms with Gasteiger partial charge in [0.1, 0.15) is 12.1 Å². The molecule has 2 saturated carbocycles. The van der Waals surface area contributed by atoms with Gasteiger partial charge in [0, 0.05) is 17.1 Å². The second kappa shape index (κ2) is 10.1. The Labute approximate surface area is 211 Å². The number of hydrogen-bond acceptors (Lipinski definition) is 4. The van der Waals surface area contributed by atoms with E-state index in [1.165, 1.54) is 6.20 Å². The predicted octanol–water partition coefficient (Wildman–Crippen LogP) is 4.28. The number of carbonyl (C=O) groups excluding carboxylic acids is 3. The van der Waals surface area contributed by atoms with Gasteiger partial charge in [-0.2, -0.15) is 0 Å². The standard InChI is InChI=1S/C28H37N3O5/c1-27(2)14-12-19(13-15-27)28(26(29)36,18-8-4-3-5-9-18)31(17-23(32)33)25(35)24(34)21-16-30-22-11-7-6-10-20(21)22/h6-7,10-11,16,18-19,30H,3-5,8-9,12-15,17H2,1-2H3,(H2,29,36)(H,32,33). The molecular weight excluding hydrogens is 458 g/mol. The molecule has 2 aromatic rings. The molecule has 0 bridgehead atoms. The number of nitrogens with zero attached hydrogens (tertiary/aromatic N) is 1. The van der Waals surface area contributed by atoms with Crippen molar-refractivity contribution in [3.8, 4) is 0 Å². The van der Waals surface area contributed by atoms with Crippen molar-refractivity contribution in [2.24, 2.45) is 23.0 Å². The summed E-state index contributed by atoms with van der Waals surface area (Å²) in [6.07, 6.45) is 8.57. The highest BCUT2D eigenvalue weighted by molar-refractivity contribution is 6.45. The summed E-state index contributed by atoms with van der Waals surface area (Å²) >= 11 is 0. The molecule has 4 rings (SSSR count). The number of Topliss-reactive ketones (excluding diaryl/α,β-unsaturated/α-hetero) is 1. The molecule has 2 aliphatic carbocycles. The van der Waals surface area contributed by atoms with Crippen LogP contribution in [0, 0.1) is 17.3 Å². The van der Waals surface area contributed by atoms with E-state index in [2.05, 4.69) is 18.8 Å². The Bertz CT molecular complexity index is 1150. The SMILES string of the molecule is CC1(C)CCC(C(C(N)=O)(C2CCCCC2)N(CC(=O)O)C(=O)C(=O)c2c[nH]c3ccccc23)CC1. The molecule has 2 amide bonds. The van der Waals surface area contributed by atoms with E-state index in [0.717, 1.165) is 37.0 Å². The van der Waals surface area contributed by atoms with Gasteiger partial charge in [-0.15, -0.1) is 0 Å². The number of primary amides is 1. The van der Waals surface area contributed by atoms with E-state index >= 15 is 0 Å². The van der Waals surface area contributed by atoms with Crippen molar-refractivity contribution in [2.45, 2.75) is 77.2 Å². The predicted molar refractivity (Wildman–Crippen MR) is 136 cm³/mol. The summed E-state index contributed by atoms with van der Waals surface area (Å²) in [5.41, 5.74) is 5.61. The minimum Gasteiger partial charge on any atom is -0.480 e. The number of para-hydroxylation sites is 1. The third-order valence-corrected chi connectivity index (χ3v) is 8.60. The van der Waals surface area contributed by atoms with Crippen LogP contribution < -0.4 is 5.73 Å². The number of carboxylic acids is 1. The van der Waals surface area contributed by atoms with Crippen LogP contribution in [-0.2, 0) is 14.4 Å². The van der Waals surface area contributed by atoms with Crippen molar-refractivity contribution >= 4 is 34.5 Å². The maximum atomic E-state index is 14.0. The molecule has 1 aromatic heterocycles. The molecule has 0 aliphatic heterocycles. The normalized spacial score (nSPS) is 20.5. The van der Waals surface area contributed by atoms with Crippen molar-refractivity contribution in [2.75, 3.05) is 6.54 Å². The fourth-order valence-electron chi connectivity index (χ4n) is 6.69. The molecule has 8 nitrogen and oxygen atoms in total. The molecule has 0 radical (unpaired) electrons. The molecule has 36 heavy (non-hydrogen) atoms. The number of fused-ring (bicyclic) bond motifs is 1. The van der Waals surface area contributed by atoms with Crippen LogP contribution in [0.4, 0.5) is 0 Å². The first-order valence-electron chi connectivity index (χ1n) is 13.0. The molecule has 194 valence electrons. The van der Waals surface area contributed by atoms with Gasteiger partial charge < -0.3 is 20.7 Å². The van der Waals surface area contributed by atoms with E-state index in [1.54, 1.807) is 18.2 Å². The summed E-state index contributed by atoms with van der Waals surface area (Å²) in [7, 11) is 0. The number of benzene rings is 1. The van der Waals surface area contributed by atoms with Crippen LogP contribution >= 0.6 is 0 Å². The van der Waals surface area contributed by atoms with Crippen LogP contribution in [0.5, 0.6) is 0 Å². The number of aromatic nitrogens is 1. The van der Waals surface area contributed by atoms with Crippen molar-refractivity contribution in [3.05, 3.63) is 36.0 Å². The lowest BCUT2D eigenvalue weighted by atomic mass is 9.59. The van der Waals surface area contributed by atoms with Gasteiger partial charge >= 0.3 is 5.97 Å². The van der Waals surface area contributed by atoms with Crippen LogP contribution in [0.2, 0.25) is 0 Å². The third-order valence-electron chi connectivity index (χ3n) is 8.60. The topological polar surface area (TPSA) is 134 Å². The summed E-state index contributed by atoms with van der Waals surface area (Å²) in [5, 5.41) is 10.5. The van der Waals surface area contributed by atoms with Crippen molar-refractivity contribution in [1.82, 2.24) is 9.88 Å². The van der Waals surface area contributed by atoms with Crippen LogP contribution in [0.3, 0.4) is 0 Å². The van der Waals surface area contributed by atoms with E-state index in [0.29, 0.717) is 36.6 Å². The average Bonchev–Trinajstić information content (AvgIpc) is 3.28. The second-order valence-electron chi connectivity index (χ2n) is 11.3. The van der Waals surface area contributed by atoms with Gasteiger partial charge in [0.25, 0.3) is 11.7 Å². The van der Waals surface area contributed by atoms with Crippen LogP contribution in [0.15, 0.2) is 30.5 Å². The number of carbonyl (C=O) groups is 4. The van der Waals surface area contributed by atoms with Crippen molar-refractivity contribution in [3.63, 3.8) is 0 Å². The number of H-pyrrole nitrogens is 1. The molecule has 0 saturated heterocycles. The van der Waals surface area contributed by atoms with E-state index in [1.807, 2.05) is 6.07 Å². The Morgan fingerprint density at radius 3 is 2.25 bits per heavy atom. The van der Waals surface area contributed by atoms with Crippen molar-refractivity contribution < 1.29 is 24.3 Å². The summed E-state index contributed by atoms with van der Waals surface area (Å²) < 4.78 is 0. The first kappa shape index (κ1) is 25.9. The third kappa shape index (κ3) is 4.65. The fourth-order valence-corrected chi connectivity index (χ4v) is 6.69. The molecule has 0 spiro atoms. The zero-order valence-electron chi connectivity index (χ0n) is 21.2. The lowest BCUT2D eigenvalue weighted by Crippen LogP contribution is -2.70. The van der Waals surface area contributed by atoms with Gasteiger partial charge in [-0.3, -0.25) is 19.2 Å². The monoisotopic (exact) mass is 495 g/mol. The molecule has 8 heteroatoms. The van der Waals surface area contributed by atoms with Gasteiger partial charge in [-0.05, 0) is 61.8 Å². The lowest BCUT2D eigenvalue weighted by molar-refractivity contribution is -0.162. The van der Waals surface area contributed by atoms with Gasteiger partial charge in [0.2, 0.25) is 5.91 Å². The highest BCUT2D eigenvalue weighted by Gasteiger charge is 2.58. The second-order valence-corrected chi connectivity index (χ2v) is 11.3. The quantitative estimate of drug-likeness (QED) is 0.371. The minimum atomic E-state index is -1.52. The van der Waals surface area contributed by atoms with Crippen LogP contribution in [0.1, 0.15) is 82.0 Å². The Morgan fingerprint density at radius 1 is 1.03 bits per heavy atom. The number of amides is 2. The van der Waals surface area contributed by atoms with Crippen LogP contribution in [-0.4, -0.2) is 50.6 Å². The zero-order valence-corrected chi connectivity index (χ0v) is 21.2. The molecular formula is C28H37N3O5. The van der Waals surface area contributed by atoms with Crippen LogP contribution in [0.25, 0.3) is 10.9 Å². The first-order chi connectivity index (χ1) is 17.1. The van der Waals surface area contributed by atoms with E-state index < -0.39 is 35.7 Å². The number of aliphatic carboxylic acids is 1. The van der Waals surface area contributed by atoms with Gasteiger partial charge in [0.05, 0.1) is 5.56 Å². The number of ketones is 1. The largest absolute Gasteiger partial charge is 0.480 e. The van der Waals surface area contributed by atoms with Gasteiger partial charge in [-0.25, -0.2) is 0 Å². The minimum absolute atomic E-state index is 0.0912. The Kier molecular flexibility index (Phi) is 7.25. The molecule has 2 aliphatic rings. The number of carboxylic acid groups (broad SMARTS) is 1. The van der Waals surface area contributed by atoms with E-state index in [4.69, 9.17) is 5.73 Å². The van der Waals surface area contributed by atoms with Gasteiger partial charge in [0.15, 0.2) is 0 Å². The summed E-state index contributed by atoms with van der Waals surface area (Å²) in [5.74, 6) is -4.35. The number of nitrogens with two attached hydrogens (primary N) is 1. The molecule has 4 N–H and O–H groups in total. The summed E-state index contributed by atoms with van der Waals surface area (Å²) in [4.78, 5) is 57.3. The average molecular weight is 496 g/mol. The highest BCUT2D eigenvalue weighted by atomic mass is 16.4. The lowest BCUT2D eigenvalue weighted by Gasteiger charge is -2.53. The molecule has 1 aromatic carbocycles. The number of rotatable bonds is 8. The smallest absolute Gasteiger partial charge is 0.323 e. The number of hydrogen-bond donors (Lipinski definition) is 3. The Hall–Kier alpha value is -3.16. The van der Waals surface area contributed by atoms with Crippen molar-refractivity contribution in [1.29, 1.82) is 0 Å². The maximum absolute atomic E-state index is 14.0. The maximum Gasteiger partial charge on any atom is 0.323 e. The Morgan fingerprint density at radius 2 is 1.64 bits per heavy atom. The van der Waals surface area contributed by atoms with Gasteiger partial charge in [-0.1, -0.05) is 51.3 Å². The molecule has 1 heterocycles. The molecule has 1 unspecified atom stereocenters. The van der Waals surface area contributed by atoms with E-state index in [-0.39, 0.29) is 22.8 Å². The fraction of sp³-hybridized carbons (Fsp3) is 0.571. The molecule has 2 fully saturated rings. The van der Waals surface area contributed by atoms with E-state index in [9.17, 15) is 24.3 Å². The molecule has 1 atom stereocenters. The number of nitrogens with one attached hydrogen (secondary N) is 1. The zero-order chi connectivity index (χ0) is 26.1. The Balaban J connectivity index is 1.83. The first-order valence-corrected chi connectivity index (χ1v) is 13.0. The number of aromatic amines is 1. The summed E-state index contributed by atoms with van der Waals surface area (Å²) in [6.45, 7) is 3.61. The summed E-state index contributed by atoms with van der Waals surface area (Å²) in [6, 6.07) is 7.12. The highest BCUT2D eigenvalue weighted by Crippen LogP contribution is 2.50.